The Labute approximate surface area is 201 Å². The molecule has 0 bridgehead atoms. The van der Waals surface area contributed by atoms with E-state index in [0.717, 1.165) is 44.5 Å². The first kappa shape index (κ1) is 28.0. The lowest BCUT2D eigenvalue weighted by molar-refractivity contribution is -0.137. The van der Waals surface area contributed by atoms with Gasteiger partial charge in [-0.3, -0.25) is 4.99 Å². The SMILES string of the molecule is CCNC(=NCCCCN(C)C(C)C)N1CCOC(c2cccc(C(F)(F)F)c2)C1.I. The van der Waals surface area contributed by atoms with Crippen molar-refractivity contribution in [3.8, 4) is 0 Å². The van der Waals surface area contributed by atoms with E-state index in [1.807, 2.05) is 6.92 Å². The molecule has 0 saturated carbocycles. The van der Waals surface area contributed by atoms with E-state index < -0.39 is 17.8 Å². The molecule has 0 radical (unpaired) electrons. The smallest absolute Gasteiger partial charge is 0.370 e. The van der Waals surface area contributed by atoms with Crippen LogP contribution in [-0.2, 0) is 10.9 Å². The van der Waals surface area contributed by atoms with Crippen molar-refractivity contribution in [3.05, 3.63) is 35.4 Å². The molecule has 1 N–H and O–H groups in total. The quantitative estimate of drug-likeness (QED) is 0.217. The third kappa shape index (κ3) is 9.13. The molecular weight excluding hydrogens is 520 g/mol. The molecule has 0 aliphatic carbocycles. The Bertz CT molecular complexity index is 685. The van der Waals surface area contributed by atoms with Gasteiger partial charge in [-0.15, -0.1) is 24.0 Å². The summed E-state index contributed by atoms with van der Waals surface area (Å²) in [6, 6.07) is 5.94. The normalized spacial score (nSPS) is 17.8. The average molecular weight is 556 g/mol. The van der Waals surface area contributed by atoms with E-state index in [2.05, 4.69) is 36.0 Å². The van der Waals surface area contributed by atoms with Crippen molar-refractivity contribution in [2.45, 2.75) is 51.9 Å². The van der Waals surface area contributed by atoms with Gasteiger partial charge in [0.05, 0.1) is 18.7 Å². The van der Waals surface area contributed by atoms with E-state index in [-0.39, 0.29) is 24.0 Å². The van der Waals surface area contributed by atoms with Crippen LogP contribution in [0.2, 0.25) is 0 Å². The Hall–Kier alpha value is -1.07. The molecule has 1 aromatic rings. The predicted octanol–water partition coefficient (Wildman–Crippen LogP) is 4.78. The van der Waals surface area contributed by atoms with Crippen LogP contribution in [-0.4, -0.2) is 68.2 Å². The Morgan fingerprint density at radius 1 is 1.32 bits per heavy atom. The van der Waals surface area contributed by atoms with Gasteiger partial charge in [-0.05, 0) is 64.9 Å². The van der Waals surface area contributed by atoms with Crippen LogP contribution in [0.15, 0.2) is 29.3 Å². The largest absolute Gasteiger partial charge is 0.416 e. The van der Waals surface area contributed by atoms with Gasteiger partial charge in [0.1, 0.15) is 6.10 Å². The van der Waals surface area contributed by atoms with Crippen molar-refractivity contribution in [3.63, 3.8) is 0 Å². The number of nitrogens with zero attached hydrogens (tertiary/aromatic N) is 3. The summed E-state index contributed by atoms with van der Waals surface area (Å²) in [4.78, 5) is 9.14. The first-order chi connectivity index (χ1) is 14.2. The Morgan fingerprint density at radius 3 is 2.71 bits per heavy atom. The average Bonchev–Trinajstić information content (AvgIpc) is 2.72. The predicted molar refractivity (Wildman–Crippen MR) is 130 cm³/mol. The summed E-state index contributed by atoms with van der Waals surface area (Å²) in [5.41, 5.74) is -0.102. The number of hydrogen-bond donors (Lipinski definition) is 1. The molecule has 0 spiro atoms. The highest BCUT2D eigenvalue weighted by Crippen LogP contribution is 2.32. The van der Waals surface area contributed by atoms with Gasteiger partial charge in [-0.25, -0.2) is 0 Å². The number of hydrogen-bond acceptors (Lipinski definition) is 3. The standard InChI is InChI=1S/C22H35F3N4O.HI/c1-5-26-21(27-11-6-7-12-28(4)17(2)3)29-13-14-30-20(16-29)18-9-8-10-19(15-18)22(23,24)25;/h8-10,15,17,20H,5-7,11-14,16H2,1-4H3,(H,26,27);1H. The fraction of sp³-hybridized carbons (Fsp3) is 0.682. The second kappa shape index (κ2) is 13.5. The summed E-state index contributed by atoms with van der Waals surface area (Å²) in [6.45, 7) is 10.5. The molecule has 1 heterocycles. The lowest BCUT2D eigenvalue weighted by Gasteiger charge is -2.35. The van der Waals surface area contributed by atoms with Gasteiger partial charge in [0, 0.05) is 25.7 Å². The first-order valence-electron chi connectivity index (χ1n) is 10.7. The molecule has 1 aliphatic heterocycles. The van der Waals surface area contributed by atoms with Crippen molar-refractivity contribution < 1.29 is 17.9 Å². The van der Waals surface area contributed by atoms with E-state index in [4.69, 9.17) is 9.73 Å². The molecule has 5 nitrogen and oxygen atoms in total. The minimum Gasteiger partial charge on any atom is -0.370 e. The molecule has 1 atom stereocenters. The number of ether oxygens (including phenoxy) is 1. The van der Waals surface area contributed by atoms with Crippen molar-refractivity contribution in [2.24, 2.45) is 4.99 Å². The number of aliphatic imine (C=N–C) groups is 1. The summed E-state index contributed by atoms with van der Waals surface area (Å²) in [5.74, 6) is 0.801. The molecule has 1 aliphatic rings. The van der Waals surface area contributed by atoms with Crippen molar-refractivity contribution in [2.75, 3.05) is 46.4 Å². The zero-order valence-corrected chi connectivity index (χ0v) is 21.2. The van der Waals surface area contributed by atoms with Crippen molar-refractivity contribution in [1.82, 2.24) is 15.1 Å². The van der Waals surface area contributed by atoms with E-state index in [0.29, 0.717) is 31.3 Å². The minimum absolute atomic E-state index is 0. The number of rotatable bonds is 8. The van der Waals surface area contributed by atoms with Crippen molar-refractivity contribution >= 4 is 29.9 Å². The second-order valence-corrected chi connectivity index (χ2v) is 7.95. The lowest BCUT2D eigenvalue weighted by Crippen LogP contribution is -2.48. The molecule has 1 saturated heterocycles. The number of unbranched alkanes of at least 4 members (excludes halogenated alkanes) is 1. The van der Waals surface area contributed by atoms with Gasteiger partial charge in [-0.1, -0.05) is 12.1 Å². The maximum atomic E-state index is 13.1. The molecule has 178 valence electrons. The van der Waals surface area contributed by atoms with Crippen LogP contribution >= 0.6 is 24.0 Å². The highest BCUT2D eigenvalue weighted by atomic mass is 127. The second-order valence-electron chi connectivity index (χ2n) is 7.95. The number of guanidine groups is 1. The zero-order valence-electron chi connectivity index (χ0n) is 18.9. The molecule has 9 heteroatoms. The van der Waals surface area contributed by atoms with E-state index >= 15 is 0 Å². The molecule has 31 heavy (non-hydrogen) atoms. The van der Waals surface area contributed by atoms with Crippen LogP contribution < -0.4 is 5.32 Å². The van der Waals surface area contributed by atoms with Gasteiger partial charge in [0.2, 0.25) is 0 Å². The summed E-state index contributed by atoms with van der Waals surface area (Å²) in [7, 11) is 2.12. The lowest BCUT2D eigenvalue weighted by atomic mass is 10.0. The molecular formula is C22H36F3IN4O. The van der Waals surface area contributed by atoms with Gasteiger partial charge in [0.15, 0.2) is 5.96 Å². The maximum Gasteiger partial charge on any atom is 0.416 e. The number of morpholine rings is 1. The molecule has 1 fully saturated rings. The van der Waals surface area contributed by atoms with Gasteiger partial charge >= 0.3 is 6.18 Å². The van der Waals surface area contributed by atoms with Crippen LogP contribution in [0.4, 0.5) is 13.2 Å². The van der Waals surface area contributed by atoms with Gasteiger partial charge < -0.3 is 19.9 Å². The fourth-order valence-corrected chi connectivity index (χ4v) is 3.30. The summed E-state index contributed by atoms with van der Waals surface area (Å²) in [6.07, 6.45) is -2.70. The van der Waals surface area contributed by atoms with Gasteiger partial charge in [-0.2, -0.15) is 13.2 Å². The molecule has 1 aromatic carbocycles. The number of benzene rings is 1. The number of alkyl halides is 3. The number of halogens is 4. The Balaban J connectivity index is 0.00000480. The first-order valence-corrected chi connectivity index (χ1v) is 10.7. The monoisotopic (exact) mass is 556 g/mol. The fourth-order valence-electron chi connectivity index (χ4n) is 3.30. The highest BCUT2D eigenvalue weighted by molar-refractivity contribution is 14.0. The van der Waals surface area contributed by atoms with Crippen molar-refractivity contribution in [1.29, 1.82) is 0 Å². The third-order valence-corrected chi connectivity index (χ3v) is 5.35. The summed E-state index contributed by atoms with van der Waals surface area (Å²) >= 11 is 0. The number of nitrogens with one attached hydrogen (secondary N) is 1. The van der Waals surface area contributed by atoms with Crippen LogP contribution in [0.3, 0.4) is 0 Å². The van der Waals surface area contributed by atoms with Crippen LogP contribution in [0.1, 0.15) is 50.8 Å². The topological polar surface area (TPSA) is 40.1 Å². The zero-order chi connectivity index (χ0) is 22.1. The van der Waals surface area contributed by atoms with Gasteiger partial charge in [0.25, 0.3) is 0 Å². The molecule has 1 unspecified atom stereocenters. The van der Waals surface area contributed by atoms with E-state index in [1.165, 1.54) is 12.1 Å². The summed E-state index contributed by atoms with van der Waals surface area (Å²) in [5, 5.41) is 3.31. The minimum atomic E-state index is -4.36. The Morgan fingerprint density at radius 2 is 2.06 bits per heavy atom. The van der Waals surface area contributed by atoms with E-state index in [1.54, 1.807) is 6.07 Å². The molecule has 0 aromatic heterocycles. The molecule has 2 rings (SSSR count). The van der Waals surface area contributed by atoms with Crippen LogP contribution in [0.5, 0.6) is 0 Å². The highest BCUT2D eigenvalue weighted by Gasteiger charge is 2.32. The van der Waals surface area contributed by atoms with Crippen LogP contribution in [0.25, 0.3) is 0 Å². The molecule has 0 amide bonds. The Kier molecular flexibility index (Phi) is 12.2. The van der Waals surface area contributed by atoms with Crippen LogP contribution in [0, 0.1) is 0 Å². The summed E-state index contributed by atoms with van der Waals surface area (Å²) < 4.78 is 44.9. The van der Waals surface area contributed by atoms with E-state index in [9.17, 15) is 13.2 Å². The maximum absolute atomic E-state index is 13.1. The third-order valence-electron chi connectivity index (χ3n) is 5.35.